The van der Waals surface area contributed by atoms with E-state index in [0.717, 1.165) is 12.8 Å². The molecular formula is C13H25NO3. The number of hydrogen-bond donors (Lipinski definition) is 1. The molecular weight excluding hydrogens is 218 g/mol. The van der Waals surface area contributed by atoms with Crippen LogP contribution < -0.4 is 0 Å². The van der Waals surface area contributed by atoms with Crippen molar-refractivity contribution in [3.8, 4) is 0 Å². The number of carbonyl (C=O) groups excluding carboxylic acids is 1. The Balaban J connectivity index is 4.97. The molecule has 0 aromatic heterocycles. The molecule has 0 radical (unpaired) electrons. The number of aliphatic carboxylic acids is 1. The van der Waals surface area contributed by atoms with Crippen LogP contribution in [0, 0.1) is 11.3 Å². The van der Waals surface area contributed by atoms with E-state index < -0.39 is 17.3 Å². The topological polar surface area (TPSA) is 57.6 Å². The fourth-order valence-corrected chi connectivity index (χ4v) is 1.90. The summed E-state index contributed by atoms with van der Waals surface area (Å²) in [5.41, 5.74) is -0.553. The van der Waals surface area contributed by atoms with E-state index in [1.165, 1.54) is 0 Å². The van der Waals surface area contributed by atoms with Gasteiger partial charge in [-0.2, -0.15) is 0 Å². The average molecular weight is 243 g/mol. The van der Waals surface area contributed by atoms with Gasteiger partial charge in [-0.3, -0.25) is 9.59 Å². The zero-order valence-corrected chi connectivity index (χ0v) is 11.6. The van der Waals surface area contributed by atoms with Crippen molar-refractivity contribution in [1.29, 1.82) is 0 Å². The molecule has 0 aliphatic carbocycles. The van der Waals surface area contributed by atoms with Crippen molar-refractivity contribution in [2.24, 2.45) is 11.3 Å². The van der Waals surface area contributed by atoms with Gasteiger partial charge >= 0.3 is 5.97 Å². The second-order valence-corrected chi connectivity index (χ2v) is 5.46. The zero-order valence-electron chi connectivity index (χ0n) is 11.6. The highest BCUT2D eigenvalue weighted by Crippen LogP contribution is 2.28. The third-order valence-electron chi connectivity index (χ3n) is 2.66. The van der Waals surface area contributed by atoms with E-state index in [4.69, 9.17) is 0 Å². The lowest BCUT2D eigenvalue weighted by molar-refractivity contribution is -0.156. The van der Waals surface area contributed by atoms with Crippen LogP contribution in [0.3, 0.4) is 0 Å². The number of carbonyl (C=O) groups is 2. The van der Waals surface area contributed by atoms with E-state index in [-0.39, 0.29) is 5.91 Å². The van der Waals surface area contributed by atoms with Crippen LogP contribution in [-0.4, -0.2) is 35.0 Å². The maximum Gasteiger partial charge on any atom is 0.316 e. The Hall–Kier alpha value is -1.06. The molecule has 0 rings (SSSR count). The standard InChI is InChI=1S/C13H25NO3/c1-6-8-14(9-7-2)11(15)10(12(16)17)13(3,4)5/h10H,6-9H2,1-5H3,(H,16,17). The molecule has 1 amide bonds. The molecule has 17 heavy (non-hydrogen) atoms. The number of carboxylic acid groups (broad SMARTS) is 1. The predicted molar refractivity (Wildman–Crippen MR) is 67.7 cm³/mol. The van der Waals surface area contributed by atoms with Crippen LogP contribution in [0.2, 0.25) is 0 Å². The fourth-order valence-electron chi connectivity index (χ4n) is 1.90. The van der Waals surface area contributed by atoms with Gasteiger partial charge in [0.2, 0.25) is 5.91 Å². The first-order valence-electron chi connectivity index (χ1n) is 6.27. The molecule has 0 fully saturated rings. The van der Waals surface area contributed by atoms with Crippen molar-refractivity contribution >= 4 is 11.9 Å². The van der Waals surface area contributed by atoms with Crippen molar-refractivity contribution in [3.63, 3.8) is 0 Å². The Bertz CT molecular complexity index is 262. The van der Waals surface area contributed by atoms with Gasteiger partial charge in [0.25, 0.3) is 0 Å². The smallest absolute Gasteiger partial charge is 0.316 e. The third kappa shape index (κ3) is 4.75. The van der Waals surface area contributed by atoms with Gasteiger partial charge in [0.1, 0.15) is 5.92 Å². The molecule has 1 N–H and O–H groups in total. The SMILES string of the molecule is CCCN(CCC)C(=O)C(C(=O)O)C(C)(C)C. The summed E-state index contributed by atoms with van der Waals surface area (Å²) in [5, 5.41) is 9.22. The minimum Gasteiger partial charge on any atom is -0.481 e. The van der Waals surface area contributed by atoms with Crippen LogP contribution in [0.4, 0.5) is 0 Å². The highest BCUT2D eigenvalue weighted by molar-refractivity contribution is 5.97. The molecule has 0 heterocycles. The predicted octanol–water partition coefficient (Wildman–Crippen LogP) is 2.38. The van der Waals surface area contributed by atoms with Gasteiger partial charge in [0.15, 0.2) is 0 Å². The van der Waals surface area contributed by atoms with Crippen LogP contribution in [0.5, 0.6) is 0 Å². The molecule has 4 nitrogen and oxygen atoms in total. The molecule has 0 aliphatic rings. The van der Waals surface area contributed by atoms with Crippen LogP contribution in [-0.2, 0) is 9.59 Å². The highest BCUT2D eigenvalue weighted by atomic mass is 16.4. The van der Waals surface area contributed by atoms with E-state index in [2.05, 4.69) is 0 Å². The number of carboxylic acids is 1. The quantitative estimate of drug-likeness (QED) is 0.729. The average Bonchev–Trinajstić information content (AvgIpc) is 2.14. The van der Waals surface area contributed by atoms with Gasteiger partial charge < -0.3 is 10.0 Å². The molecule has 1 unspecified atom stereocenters. The number of nitrogens with zero attached hydrogens (tertiary/aromatic N) is 1. The first-order valence-corrected chi connectivity index (χ1v) is 6.27. The van der Waals surface area contributed by atoms with Crippen LogP contribution >= 0.6 is 0 Å². The Morgan fingerprint density at radius 3 is 1.76 bits per heavy atom. The summed E-state index contributed by atoms with van der Waals surface area (Å²) < 4.78 is 0. The Kier molecular flexibility index (Phi) is 6.21. The molecule has 0 aromatic rings. The van der Waals surface area contributed by atoms with Gasteiger partial charge in [-0.25, -0.2) is 0 Å². The monoisotopic (exact) mass is 243 g/mol. The Morgan fingerprint density at radius 2 is 1.53 bits per heavy atom. The molecule has 0 aromatic carbocycles. The lowest BCUT2D eigenvalue weighted by Crippen LogP contribution is -2.45. The summed E-state index contributed by atoms with van der Waals surface area (Å²) in [6.45, 7) is 10.6. The Morgan fingerprint density at radius 1 is 1.12 bits per heavy atom. The zero-order chi connectivity index (χ0) is 13.6. The summed E-state index contributed by atoms with van der Waals surface area (Å²) in [7, 11) is 0. The van der Waals surface area contributed by atoms with Crippen LogP contribution in [0.15, 0.2) is 0 Å². The minimum absolute atomic E-state index is 0.256. The van der Waals surface area contributed by atoms with E-state index in [9.17, 15) is 14.7 Å². The first-order chi connectivity index (χ1) is 7.75. The summed E-state index contributed by atoms with van der Waals surface area (Å²) in [6, 6.07) is 0. The van der Waals surface area contributed by atoms with E-state index in [1.54, 1.807) is 25.7 Å². The summed E-state index contributed by atoms with van der Waals surface area (Å²) in [5.74, 6) is -2.24. The van der Waals surface area contributed by atoms with Crippen molar-refractivity contribution in [2.45, 2.75) is 47.5 Å². The van der Waals surface area contributed by atoms with Crippen molar-refractivity contribution in [2.75, 3.05) is 13.1 Å². The number of hydrogen-bond acceptors (Lipinski definition) is 2. The van der Waals surface area contributed by atoms with Crippen LogP contribution in [0.25, 0.3) is 0 Å². The second kappa shape index (κ2) is 6.62. The molecule has 4 heteroatoms. The third-order valence-corrected chi connectivity index (χ3v) is 2.66. The molecule has 0 aliphatic heterocycles. The van der Waals surface area contributed by atoms with Crippen molar-refractivity contribution in [3.05, 3.63) is 0 Å². The van der Waals surface area contributed by atoms with Gasteiger partial charge in [-0.05, 0) is 18.3 Å². The van der Waals surface area contributed by atoms with E-state index >= 15 is 0 Å². The van der Waals surface area contributed by atoms with Crippen molar-refractivity contribution in [1.82, 2.24) is 4.90 Å². The molecule has 100 valence electrons. The normalized spacial score (nSPS) is 13.2. The van der Waals surface area contributed by atoms with Gasteiger partial charge in [-0.1, -0.05) is 34.6 Å². The molecule has 0 bridgehead atoms. The summed E-state index contributed by atoms with van der Waals surface area (Å²) in [6.07, 6.45) is 1.70. The van der Waals surface area contributed by atoms with E-state index in [1.807, 2.05) is 13.8 Å². The number of rotatable bonds is 6. The maximum atomic E-state index is 12.3. The summed E-state index contributed by atoms with van der Waals surface area (Å²) >= 11 is 0. The van der Waals surface area contributed by atoms with Gasteiger partial charge in [0.05, 0.1) is 0 Å². The largest absolute Gasteiger partial charge is 0.481 e. The fraction of sp³-hybridized carbons (Fsp3) is 0.846. The molecule has 0 saturated carbocycles. The molecule has 0 spiro atoms. The van der Waals surface area contributed by atoms with Gasteiger partial charge in [0, 0.05) is 13.1 Å². The second-order valence-electron chi connectivity index (χ2n) is 5.46. The Labute approximate surface area is 104 Å². The van der Waals surface area contributed by atoms with Crippen LogP contribution in [0.1, 0.15) is 47.5 Å². The lowest BCUT2D eigenvalue weighted by Gasteiger charge is -2.31. The first kappa shape index (κ1) is 15.9. The molecule has 0 saturated heterocycles. The number of amides is 1. The van der Waals surface area contributed by atoms with Crippen molar-refractivity contribution < 1.29 is 14.7 Å². The highest BCUT2D eigenvalue weighted by Gasteiger charge is 2.39. The van der Waals surface area contributed by atoms with E-state index in [0.29, 0.717) is 13.1 Å². The lowest BCUT2D eigenvalue weighted by atomic mass is 9.79. The maximum absolute atomic E-state index is 12.3. The summed E-state index contributed by atoms with van der Waals surface area (Å²) in [4.78, 5) is 25.2. The minimum atomic E-state index is -1.03. The molecule has 1 atom stereocenters. The van der Waals surface area contributed by atoms with Gasteiger partial charge in [-0.15, -0.1) is 0 Å².